The first kappa shape index (κ1) is 43.1. The number of rotatable bonds is 6. The van der Waals surface area contributed by atoms with E-state index in [1.165, 1.54) is 82.4 Å². The summed E-state index contributed by atoms with van der Waals surface area (Å²) in [5.41, 5.74) is 13.1. The summed E-state index contributed by atoms with van der Waals surface area (Å²) in [7, 11) is 0. The molecule has 6 rings (SSSR count). The van der Waals surface area contributed by atoms with Gasteiger partial charge in [0.05, 0.1) is 0 Å². The molecule has 0 nitrogen and oxygen atoms in total. The average molecular weight is 796 g/mol. The minimum atomic E-state index is -0.0439. The topological polar surface area (TPSA) is 0 Å². The molecule has 0 fully saturated rings. The van der Waals surface area contributed by atoms with Gasteiger partial charge in [0, 0.05) is 0 Å². The summed E-state index contributed by atoms with van der Waals surface area (Å²) in [6, 6.07) is 26.0. The Hall–Kier alpha value is -2.31. The fourth-order valence-electron chi connectivity index (χ4n) is 8.57. The Morgan fingerprint density at radius 3 is 1.73 bits per heavy atom. The summed E-state index contributed by atoms with van der Waals surface area (Å²) in [4.78, 5) is 0. The molecule has 0 aromatic heterocycles. The van der Waals surface area contributed by atoms with Crippen molar-refractivity contribution in [1.82, 2.24) is 0 Å². The summed E-state index contributed by atoms with van der Waals surface area (Å²) in [5, 5.41) is 2.72. The first-order valence-electron chi connectivity index (χ1n) is 18.4. The van der Waals surface area contributed by atoms with Gasteiger partial charge in [0.25, 0.3) is 0 Å². The maximum atomic E-state index is 4.04. The molecular weight excluding hydrogens is 739 g/mol. The second-order valence-electron chi connectivity index (χ2n) is 17.1. The minimum absolute atomic E-state index is 0. The van der Waals surface area contributed by atoms with Crippen LogP contribution in [0.25, 0.3) is 11.6 Å². The van der Waals surface area contributed by atoms with E-state index in [-0.39, 0.29) is 41.1 Å². The van der Waals surface area contributed by atoms with Crippen molar-refractivity contribution in [2.45, 2.75) is 101 Å². The molecule has 1 atom stereocenters. The van der Waals surface area contributed by atoms with Gasteiger partial charge in [-0.2, -0.15) is 0 Å². The zero-order valence-corrected chi connectivity index (χ0v) is 36.9. The third kappa shape index (κ3) is 8.28. The molecular formula is C48H57Cl2Zr-. The molecule has 0 N–H and O–H groups in total. The molecule has 0 radical (unpaired) electrons. The molecule has 0 heterocycles. The molecule has 1 unspecified atom stereocenters. The second-order valence-corrected chi connectivity index (χ2v) is 18.3. The van der Waals surface area contributed by atoms with E-state index in [0.29, 0.717) is 17.8 Å². The Balaban J connectivity index is 0.000000368. The van der Waals surface area contributed by atoms with Crippen molar-refractivity contribution in [3.05, 3.63) is 152 Å². The van der Waals surface area contributed by atoms with Crippen LogP contribution in [0.4, 0.5) is 0 Å². The van der Waals surface area contributed by atoms with Crippen molar-refractivity contribution < 1.29 is 49.0 Å². The predicted molar refractivity (Wildman–Crippen MR) is 210 cm³/mol. The van der Waals surface area contributed by atoms with Gasteiger partial charge in [-0.25, -0.2) is 0 Å². The van der Waals surface area contributed by atoms with Crippen LogP contribution >= 0.6 is 0 Å². The Kier molecular flexibility index (Phi) is 14.2. The van der Waals surface area contributed by atoms with E-state index in [9.17, 15) is 0 Å². The number of halogens is 2. The predicted octanol–water partition coefficient (Wildman–Crippen LogP) is 5.21. The summed E-state index contributed by atoms with van der Waals surface area (Å²) < 4.78 is 1.42. The fraction of sp³-hybridized carbons (Fsp3) is 0.396. The zero-order valence-electron chi connectivity index (χ0n) is 32.9. The van der Waals surface area contributed by atoms with Gasteiger partial charge in [0.2, 0.25) is 0 Å². The summed E-state index contributed by atoms with van der Waals surface area (Å²) in [6.45, 7) is 28.7. The third-order valence-corrected chi connectivity index (χ3v) is 12.2. The number of fused-ring (bicyclic) bond motifs is 2. The molecule has 51 heavy (non-hydrogen) atoms. The van der Waals surface area contributed by atoms with Gasteiger partial charge in [-0.1, -0.05) is 141 Å². The molecule has 3 aliphatic carbocycles. The Labute approximate surface area is 337 Å². The number of hydrogen-bond donors (Lipinski definition) is 0. The molecule has 3 aliphatic rings. The average Bonchev–Trinajstić information content (AvgIpc) is 3.71. The van der Waals surface area contributed by atoms with E-state index >= 15 is 0 Å². The molecule has 0 bridgehead atoms. The van der Waals surface area contributed by atoms with Crippen molar-refractivity contribution in [3.8, 4) is 0 Å². The monoisotopic (exact) mass is 793 g/mol. The van der Waals surface area contributed by atoms with Gasteiger partial charge in [0.15, 0.2) is 0 Å². The summed E-state index contributed by atoms with van der Waals surface area (Å²) in [5.74, 6) is 1.41. The number of benzene rings is 3. The van der Waals surface area contributed by atoms with Crippen molar-refractivity contribution in [3.63, 3.8) is 0 Å². The molecule has 0 spiro atoms. The van der Waals surface area contributed by atoms with Crippen LogP contribution in [0.15, 0.2) is 119 Å². The number of allylic oxidation sites excluding steroid dienone is 8. The number of hydrogen-bond acceptors (Lipinski definition) is 0. The van der Waals surface area contributed by atoms with E-state index in [0.717, 1.165) is 6.42 Å². The van der Waals surface area contributed by atoms with E-state index < -0.39 is 0 Å². The van der Waals surface area contributed by atoms with E-state index in [4.69, 9.17) is 0 Å². The molecule has 3 aromatic carbocycles. The van der Waals surface area contributed by atoms with Crippen LogP contribution in [-0.4, -0.2) is 3.21 Å². The normalized spacial score (nSPS) is 17.9. The fourth-order valence-corrected chi connectivity index (χ4v) is 9.39. The quantitative estimate of drug-likeness (QED) is 0.301. The molecule has 0 aliphatic heterocycles. The van der Waals surface area contributed by atoms with Gasteiger partial charge in [-0.05, 0) is 40.4 Å². The van der Waals surface area contributed by atoms with Gasteiger partial charge in [0.1, 0.15) is 0 Å². The molecule has 3 heteroatoms. The van der Waals surface area contributed by atoms with Crippen LogP contribution < -0.4 is 35.3 Å². The molecule has 3 aromatic rings. The van der Waals surface area contributed by atoms with E-state index in [1.807, 2.05) is 0 Å². The maximum absolute atomic E-state index is 4.04. The standard InChI is InChI=1S/C35H47.C13H10.2ClH.Zr/c1-21(2)27-19-26(33(7,8)9)17-25-18-29-28(31(25)27)20-30(22(3)4)35(23(5)6,34(10,11)12)32(29)24-15-13-14-16-24;1-3-7-12(8-4-1)11-13-9-5-2-6-10-13;;;/h13-15,17,19-23H,16H2,1-12H3;1-10H;2*1H;/q-1;;;;+2/p-2. The SMILES string of the molecule is CC(C)C1=CC2=c3c(C(C)C)cc(C(C)(C)C)cc3=[C-]C2=C(C2=CC=CC2)C1(C(C)C)C(C)(C)C.[Cl-].[Cl-].[Zr+2]=[C](c1ccccc1)c1ccccc1. The molecule has 0 amide bonds. The van der Waals surface area contributed by atoms with Crippen LogP contribution in [0.5, 0.6) is 0 Å². The zero-order chi connectivity index (χ0) is 35.9. The Bertz CT molecular complexity index is 1930. The van der Waals surface area contributed by atoms with Crippen LogP contribution in [0, 0.1) is 22.7 Å². The molecule has 268 valence electrons. The first-order valence-corrected chi connectivity index (χ1v) is 19.6. The Morgan fingerprint density at radius 1 is 0.765 bits per heavy atom. The van der Waals surface area contributed by atoms with Gasteiger partial charge < -0.3 is 24.8 Å². The van der Waals surface area contributed by atoms with Crippen molar-refractivity contribution >= 4 is 14.9 Å². The Morgan fingerprint density at radius 2 is 1.31 bits per heavy atom. The molecule has 0 saturated carbocycles. The van der Waals surface area contributed by atoms with Crippen LogP contribution in [-0.2, 0) is 29.7 Å². The van der Waals surface area contributed by atoms with Crippen molar-refractivity contribution in [2.75, 3.05) is 0 Å². The van der Waals surface area contributed by atoms with Crippen molar-refractivity contribution in [2.24, 2.45) is 22.7 Å². The summed E-state index contributed by atoms with van der Waals surface area (Å²) >= 11 is 1.46. The van der Waals surface area contributed by atoms with Crippen LogP contribution in [0.3, 0.4) is 0 Å². The van der Waals surface area contributed by atoms with Gasteiger partial charge in [-0.3, -0.25) is 0 Å². The van der Waals surface area contributed by atoms with Gasteiger partial charge >= 0.3 is 99.2 Å². The van der Waals surface area contributed by atoms with E-state index in [2.05, 4.69) is 186 Å². The van der Waals surface area contributed by atoms with Gasteiger partial charge in [-0.15, -0.1) is 33.7 Å². The third-order valence-electron chi connectivity index (χ3n) is 10.7. The second kappa shape index (κ2) is 16.8. The summed E-state index contributed by atoms with van der Waals surface area (Å²) in [6.07, 6.45) is 14.6. The first-order chi connectivity index (χ1) is 23.0. The van der Waals surface area contributed by atoms with Crippen LogP contribution in [0.1, 0.15) is 118 Å². The van der Waals surface area contributed by atoms with Crippen LogP contribution in [0.2, 0.25) is 0 Å². The van der Waals surface area contributed by atoms with Crippen molar-refractivity contribution in [1.29, 1.82) is 0 Å². The molecule has 0 saturated heterocycles. The van der Waals surface area contributed by atoms with E-state index in [1.54, 1.807) is 5.57 Å².